The van der Waals surface area contributed by atoms with E-state index in [9.17, 15) is 0 Å². The maximum Gasteiger partial charge on any atom is 0.166 e. The van der Waals surface area contributed by atoms with Crippen molar-refractivity contribution >= 4 is 22.8 Å². The van der Waals surface area contributed by atoms with Crippen LogP contribution in [0.3, 0.4) is 0 Å². The first kappa shape index (κ1) is 11.1. The van der Waals surface area contributed by atoms with Gasteiger partial charge >= 0.3 is 0 Å². The molecule has 0 aliphatic carbocycles. The molecule has 0 fully saturated rings. The molecule has 0 radical (unpaired) electrons. The number of fused-ring (bicyclic) bond motifs is 1. The van der Waals surface area contributed by atoms with Crippen LogP contribution in [-0.4, -0.2) is 25.3 Å². The second-order valence-corrected chi connectivity index (χ2v) is 4.82. The minimum absolute atomic E-state index is 0.855. The Hall–Kier alpha value is -2.01. The van der Waals surface area contributed by atoms with Crippen molar-refractivity contribution in [1.29, 1.82) is 0 Å². The number of benzene rings is 1. The van der Waals surface area contributed by atoms with Gasteiger partial charge in [0, 0.05) is 23.8 Å². The van der Waals surface area contributed by atoms with Gasteiger partial charge in [-0.3, -0.25) is 0 Å². The van der Waals surface area contributed by atoms with E-state index in [0.717, 1.165) is 27.6 Å². The van der Waals surface area contributed by atoms with Crippen LogP contribution in [0.2, 0.25) is 0 Å². The van der Waals surface area contributed by atoms with Gasteiger partial charge in [0.15, 0.2) is 5.16 Å². The Morgan fingerprint density at radius 1 is 1.44 bits per heavy atom. The molecule has 0 bridgehead atoms. The van der Waals surface area contributed by atoms with Gasteiger partial charge in [-0.25, -0.2) is 9.97 Å². The molecule has 2 heterocycles. The van der Waals surface area contributed by atoms with Gasteiger partial charge in [0.2, 0.25) is 0 Å². The van der Waals surface area contributed by atoms with E-state index in [1.807, 2.05) is 35.0 Å². The van der Waals surface area contributed by atoms with Crippen molar-refractivity contribution in [2.45, 2.75) is 5.16 Å². The maximum atomic E-state index is 4.55. The van der Waals surface area contributed by atoms with E-state index in [4.69, 9.17) is 0 Å². The molecule has 2 aromatic heterocycles. The Morgan fingerprint density at radius 2 is 2.39 bits per heavy atom. The Kier molecular flexibility index (Phi) is 2.90. The van der Waals surface area contributed by atoms with Crippen molar-refractivity contribution in [3.05, 3.63) is 49.6 Å². The Morgan fingerprint density at radius 3 is 3.17 bits per heavy atom. The number of aromatic nitrogens is 4. The number of hydrogen-bond acceptors (Lipinski definition) is 3. The fourth-order valence-electron chi connectivity index (χ4n) is 1.75. The van der Waals surface area contributed by atoms with Crippen molar-refractivity contribution in [2.75, 3.05) is 5.75 Å². The van der Waals surface area contributed by atoms with Crippen LogP contribution in [0.15, 0.2) is 54.7 Å². The van der Waals surface area contributed by atoms with Gasteiger partial charge in [-0.2, -0.15) is 0 Å². The van der Waals surface area contributed by atoms with Gasteiger partial charge < -0.3 is 9.55 Å². The summed E-state index contributed by atoms with van der Waals surface area (Å²) >= 11 is 1.65. The van der Waals surface area contributed by atoms with Crippen molar-refractivity contribution in [3.8, 4) is 5.69 Å². The number of nitrogens with one attached hydrogen (secondary N) is 1. The first-order chi connectivity index (χ1) is 8.86. The van der Waals surface area contributed by atoms with Crippen LogP contribution in [0.4, 0.5) is 0 Å². The third-order valence-electron chi connectivity index (χ3n) is 2.59. The summed E-state index contributed by atoms with van der Waals surface area (Å²) in [4.78, 5) is 11.9. The highest BCUT2D eigenvalue weighted by atomic mass is 32.2. The average molecular weight is 256 g/mol. The summed E-state index contributed by atoms with van der Waals surface area (Å²) in [6.07, 6.45) is 7.33. The van der Waals surface area contributed by atoms with Crippen molar-refractivity contribution < 1.29 is 0 Å². The van der Waals surface area contributed by atoms with Gasteiger partial charge in [-0.05, 0) is 18.2 Å². The third kappa shape index (κ3) is 2.04. The summed E-state index contributed by atoms with van der Waals surface area (Å²) < 4.78 is 1.96. The molecule has 0 amide bonds. The van der Waals surface area contributed by atoms with Gasteiger partial charge in [-0.15, -0.1) is 6.58 Å². The normalized spacial score (nSPS) is 10.9. The number of imidazole rings is 2. The molecule has 0 spiro atoms. The lowest BCUT2D eigenvalue weighted by molar-refractivity contribution is 1.06. The molecule has 0 atom stereocenters. The molecule has 3 aromatic rings. The highest BCUT2D eigenvalue weighted by Gasteiger charge is 2.04. The molecule has 90 valence electrons. The molecule has 3 rings (SSSR count). The first-order valence-corrected chi connectivity index (χ1v) is 6.57. The molecule has 0 unspecified atom stereocenters. The Bertz CT molecular complexity index is 669. The molecular formula is C13H12N4S. The summed E-state index contributed by atoms with van der Waals surface area (Å²) in [5, 5.41) is 0.924. The quantitative estimate of drug-likeness (QED) is 0.576. The van der Waals surface area contributed by atoms with E-state index in [1.54, 1.807) is 24.3 Å². The number of aromatic amines is 1. The zero-order valence-electron chi connectivity index (χ0n) is 9.71. The number of H-pyrrole nitrogens is 1. The number of rotatable bonds is 4. The Labute approximate surface area is 109 Å². The van der Waals surface area contributed by atoms with E-state index in [0.29, 0.717) is 0 Å². The summed E-state index contributed by atoms with van der Waals surface area (Å²) in [5.74, 6) is 0.855. The molecule has 0 saturated carbocycles. The minimum Gasteiger partial charge on any atom is -0.333 e. The van der Waals surface area contributed by atoms with Crippen molar-refractivity contribution in [3.63, 3.8) is 0 Å². The van der Waals surface area contributed by atoms with Gasteiger partial charge in [0.1, 0.15) is 0 Å². The van der Waals surface area contributed by atoms with E-state index in [-0.39, 0.29) is 0 Å². The lowest BCUT2D eigenvalue weighted by Crippen LogP contribution is -1.88. The predicted molar refractivity (Wildman–Crippen MR) is 74.1 cm³/mol. The van der Waals surface area contributed by atoms with Gasteiger partial charge in [0.05, 0.1) is 17.4 Å². The molecule has 1 aromatic carbocycles. The SMILES string of the molecule is C=CCSc1nc2cc(-n3ccnc3)ccc2[nH]1. The lowest BCUT2D eigenvalue weighted by Gasteiger charge is -2.00. The smallest absolute Gasteiger partial charge is 0.166 e. The standard InChI is InChI=1S/C13H12N4S/c1-2-7-18-13-15-11-4-3-10(8-12(11)16-13)17-6-5-14-9-17/h2-6,8-9H,1,7H2,(H,15,16). The monoisotopic (exact) mass is 256 g/mol. The molecule has 0 aliphatic heterocycles. The van der Waals surface area contributed by atoms with Crippen LogP contribution in [-0.2, 0) is 0 Å². The second-order valence-electron chi connectivity index (χ2n) is 3.81. The first-order valence-electron chi connectivity index (χ1n) is 5.58. The van der Waals surface area contributed by atoms with Crippen molar-refractivity contribution in [2.24, 2.45) is 0 Å². The third-order valence-corrected chi connectivity index (χ3v) is 3.45. The second kappa shape index (κ2) is 4.70. The molecule has 0 saturated heterocycles. The molecule has 4 nitrogen and oxygen atoms in total. The average Bonchev–Trinajstić information content (AvgIpc) is 3.03. The van der Waals surface area contributed by atoms with Crippen LogP contribution in [0, 0.1) is 0 Å². The topological polar surface area (TPSA) is 46.5 Å². The fraction of sp³-hybridized carbons (Fsp3) is 0.0769. The summed E-state index contributed by atoms with van der Waals surface area (Å²) in [5.41, 5.74) is 3.07. The largest absolute Gasteiger partial charge is 0.333 e. The summed E-state index contributed by atoms with van der Waals surface area (Å²) in [6.45, 7) is 3.70. The van der Waals surface area contributed by atoms with Crippen molar-refractivity contribution in [1.82, 2.24) is 19.5 Å². The van der Waals surface area contributed by atoms with E-state index in [2.05, 4.69) is 21.5 Å². The molecule has 1 N–H and O–H groups in total. The zero-order chi connectivity index (χ0) is 12.4. The van der Waals surface area contributed by atoms with Crippen LogP contribution in [0.25, 0.3) is 16.7 Å². The summed E-state index contributed by atoms with van der Waals surface area (Å²) in [6, 6.07) is 6.13. The van der Waals surface area contributed by atoms with Crippen LogP contribution in [0.1, 0.15) is 0 Å². The zero-order valence-corrected chi connectivity index (χ0v) is 10.5. The Balaban J connectivity index is 1.99. The molecule has 0 aliphatic rings. The summed E-state index contributed by atoms with van der Waals surface area (Å²) in [7, 11) is 0. The highest BCUT2D eigenvalue weighted by molar-refractivity contribution is 7.99. The fourth-order valence-corrected chi connectivity index (χ4v) is 2.37. The lowest BCUT2D eigenvalue weighted by atomic mass is 10.3. The van der Waals surface area contributed by atoms with E-state index in [1.165, 1.54) is 0 Å². The molecule has 18 heavy (non-hydrogen) atoms. The van der Waals surface area contributed by atoms with E-state index >= 15 is 0 Å². The maximum absolute atomic E-state index is 4.55. The van der Waals surface area contributed by atoms with E-state index < -0.39 is 0 Å². The van der Waals surface area contributed by atoms with Crippen LogP contribution >= 0.6 is 11.8 Å². The molecular weight excluding hydrogens is 244 g/mol. The predicted octanol–water partition coefficient (Wildman–Crippen LogP) is 3.03. The minimum atomic E-state index is 0.855. The number of thioether (sulfide) groups is 1. The number of nitrogens with zero attached hydrogens (tertiary/aromatic N) is 3. The van der Waals surface area contributed by atoms with Gasteiger partial charge in [0.25, 0.3) is 0 Å². The van der Waals surface area contributed by atoms with Crippen LogP contribution < -0.4 is 0 Å². The van der Waals surface area contributed by atoms with Gasteiger partial charge in [-0.1, -0.05) is 17.8 Å². The number of hydrogen-bond donors (Lipinski definition) is 1. The molecule has 5 heteroatoms. The van der Waals surface area contributed by atoms with Crippen LogP contribution in [0.5, 0.6) is 0 Å². The highest BCUT2D eigenvalue weighted by Crippen LogP contribution is 2.21.